The van der Waals surface area contributed by atoms with Crippen LogP contribution in [0.1, 0.15) is 45.1 Å². The van der Waals surface area contributed by atoms with Gasteiger partial charge in [0.15, 0.2) is 0 Å². The summed E-state index contributed by atoms with van der Waals surface area (Å²) in [5, 5.41) is 0.790. The first-order valence-corrected chi connectivity index (χ1v) is 7.61. The van der Waals surface area contributed by atoms with Crippen LogP contribution in [0.5, 0.6) is 0 Å². The molecule has 0 bridgehead atoms. The summed E-state index contributed by atoms with van der Waals surface area (Å²) in [6.45, 7) is 6.11. The number of nitrogens with two attached hydrogens (primary N) is 1. The maximum atomic E-state index is 6.10. The van der Waals surface area contributed by atoms with Crippen molar-refractivity contribution in [2.24, 2.45) is 5.73 Å². The molecule has 0 aliphatic heterocycles. The second-order valence-corrected chi connectivity index (χ2v) is 5.85. The van der Waals surface area contributed by atoms with Gasteiger partial charge in [-0.05, 0) is 37.6 Å². The minimum Gasteiger partial charge on any atom is -0.329 e. The normalized spacial score (nSPS) is 12.1. The molecule has 108 valence electrons. The van der Waals surface area contributed by atoms with Gasteiger partial charge < -0.3 is 5.73 Å². The summed E-state index contributed by atoms with van der Waals surface area (Å²) in [7, 11) is 2.19. The van der Waals surface area contributed by atoms with Gasteiger partial charge >= 0.3 is 0 Å². The van der Waals surface area contributed by atoms with E-state index >= 15 is 0 Å². The molecule has 0 unspecified atom stereocenters. The zero-order valence-corrected chi connectivity index (χ0v) is 13.2. The lowest BCUT2D eigenvalue weighted by Crippen LogP contribution is -2.51. The number of nitrogens with zero attached hydrogens (tertiary/aromatic N) is 1. The maximum absolute atomic E-state index is 6.10. The molecule has 2 nitrogen and oxygen atoms in total. The van der Waals surface area contributed by atoms with Gasteiger partial charge in [-0.3, -0.25) is 4.90 Å². The minimum absolute atomic E-state index is 0.128. The Balaban J connectivity index is 2.80. The molecule has 0 amide bonds. The SMILES string of the molecule is CCCC(CN)(CCC)N(C)Cc1ccc(Cl)cc1. The fourth-order valence-corrected chi connectivity index (χ4v) is 2.95. The van der Waals surface area contributed by atoms with Crippen LogP contribution in [0.2, 0.25) is 5.02 Å². The monoisotopic (exact) mass is 282 g/mol. The van der Waals surface area contributed by atoms with Gasteiger partial charge in [0.05, 0.1) is 0 Å². The number of hydrogen-bond donors (Lipinski definition) is 1. The van der Waals surface area contributed by atoms with E-state index < -0.39 is 0 Å². The minimum atomic E-state index is 0.128. The first kappa shape index (κ1) is 16.5. The summed E-state index contributed by atoms with van der Waals surface area (Å²) in [4.78, 5) is 2.42. The topological polar surface area (TPSA) is 29.3 Å². The molecular formula is C16H27ClN2. The molecule has 0 aliphatic rings. The lowest BCUT2D eigenvalue weighted by molar-refractivity contribution is 0.0955. The Labute approximate surface area is 122 Å². The van der Waals surface area contributed by atoms with Crippen LogP contribution in [0, 0.1) is 0 Å². The third-order valence-corrected chi connectivity index (χ3v) is 4.21. The number of rotatable bonds is 8. The van der Waals surface area contributed by atoms with E-state index in [4.69, 9.17) is 17.3 Å². The molecule has 3 heteroatoms. The fourth-order valence-electron chi connectivity index (χ4n) is 2.83. The second-order valence-electron chi connectivity index (χ2n) is 5.41. The highest BCUT2D eigenvalue weighted by atomic mass is 35.5. The van der Waals surface area contributed by atoms with Crippen molar-refractivity contribution >= 4 is 11.6 Å². The molecule has 0 aromatic heterocycles. The fraction of sp³-hybridized carbons (Fsp3) is 0.625. The Kier molecular flexibility index (Phi) is 6.84. The van der Waals surface area contributed by atoms with Crippen molar-refractivity contribution in [3.8, 4) is 0 Å². The molecule has 0 atom stereocenters. The van der Waals surface area contributed by atoms with Crippen LogP contribution < -0.4 is 5.73 Å². The average molecular weight is 283 g/mol. The van der Waals surface area contributed by atoms with Crippen LogP contribution in [0.3, 0.4) is 0 Å². The third kappa shape index (κ3) is 4.48. The second kappa shape index (κ2) is 7.88. The van der Waals surface area contributed by atoms with Gasteiger partial charge in [-0.1, -0.05) is 50.4 Å². The van der Waals surface area contributed by atoms with Crippen LogP contribution in [-0.2, 0) is 6.54 Å². The summed E-state index contributed by atoms with van der Waals surface area (Å²) in [6, 6.07) is 8.10. The van der Waals surface area contributed by atoms with Crippen molar-refractivity contribution in [2.75, 3.05) is 13.6 Å². The summed E-state index contributed by atoms with van der Waals surface area (Å²) < 4.78 is 0. The Morgan fingerprint density at radius 1 is 1.11 bits per heavy atom. The van der Waals surface area contributed by atoms with Crippen molar-refractivity contribution in [1.29, 1.82) is 0 Å². The quantitative estimate of drug-likeness (QED) is 0.779. The molecule has 0 aliphatic carbocycles. The van der Waals surface area contributed by atoms with E-state index in [2.05, 4.69) is 37.9 Å². The van der Waals surface area contributed by atoms with E-state index in [-0.39, 0.29) is 5.54 Å². The number of likely N-dealkylation sites (N-methyl/N-ethyl adjacent to an activating group) is 1. The van der Waals surface area contributed by atoms with E-state index in [0.29, 0.717) is 0 Å². The standard InChI is InChI=1S/C16H27ClN2/c1-4-10-16(13-18,11-5-2)19(3)12-14-6-8-15(17)9-7-14/h6-9H,4-5,10-13,18H2,1-3H3. The number of halogens is 1. The summed E-state index contributed by atoms with van der Waals surface area (Å²) >= 11 is 5.93. The number of hydrogen-bond acceptors (Lipinski definition) is 2. The Morgan fingerprint density at radius 2 is 1.63 bits per heavy atom. The lowest BCUT2D eigenvalue weighted by Gasteiger charge is -2.41. The highest BCUT2D eigenvalue weighted by Crippen LogP contribution is 2.27. The van der Waals surface area contributed by atoms with Gasteiger partial charge in [0.1, 0.15) is 0 Å². The molecule has 0 saturated carbocycles. The molecule has 0 radical (unpaired) electrons. The van der Waals surface area contributed by atoms with Crippen LogP contribution >= 0.6 is 11.6 Å². The van der Waals surface area contributed by atoms with E-state index in [1.54, 1.807) is 0 Å². The molecule has 19 heavy (non-hydrogen) atoms. The third-order valence-electron chi connectivity index (χ3n) is 3.95. The molecule has 2 N–H and O–H groups in total. The molecule has 0 spiro atoms. The van der Waals surface area contributed by atoms with Gasteiger partial charge in [-0.25, -0.2) is 0 Å². The highest BCUT2D eigenvalue weighted by Gasteiger charge is 2.31. The first-order chi connectivity index (χ1) is 9.07. The smallest absolute Gasteiger partial charge is 0.0406 e. The van der Waals surface area contributed by atoms with E-state index in [1.807, 2.05) is 12.1 Å². The van der Waals surface area contributed by atoms with Crippen LogP contribution in [0.25, 0.3) is 0 Å². The van der Waals surface area contributed by atoms with E-state index in [1.165, 1.54) is 18.4 Å². The van der Waals surface area contributed by atoms with Crippen LogP contribution in [0.15, 0.2) is 24.3 Å². The Bertz CT molecular complexity index is 356. The molecule has 0 saturated heterocycles. The van der Waals surface area contributed by atoms with Gasteiger partial charge in [0, 0.05) is 23.7 Å². The summed E-state index contributed by atoms with van der Waals surface area (Å²) in [6.07, 6.45) is 4.65. The van der Waals surface area contributed by atoms with E-state index in [0.717, 1.165) is 31.0 Å². The van der Waals surface area contributed by atoms with Gasteiger partial charge in [0.2, 0.25) is 0 Å². The zero-order chi connectivity index (χ0) is 14.3. The van der Waals surface area contributed by atoms with Crippen LogP contribution in [-0.4, -0.2) is 24.0 Å². The predicted octanol–water partition coefficient (Wildman–Crippen LogP) is 4.07. The highest BCUT2D eigenvalue weighted by molar-refractivity contribution is 6.30. The molecule has 0 fully saturated rings. The maximum Gasteiger partial charge on any atom is 0.0406 e. The predicted molar refractivity (Wildman–Crippen MR) is 84.5 cm³/mol. The van der Waals surface area contributed by atoms with Gasteiger partial charge in [-0.2, -0.15) is 0 Å². The van der Waals surface area contributed by atoms with Crippen molar-refractivity contribution in [3.05, 3.63) is 34.9 Å². The van der Waals surface area contributed by atoms with E-state index in [9.17, 15) is 0 Å². The molecular weight excluding hydrogens is 256 g/mol. The van der Waals surface area contributed by atoms with Crippen molar-refractivity contribution < 1.29 is 0 Å². The van der Waals surface area contributed by atoms with Gasteiger partial charge in [-0.15, -0.1) is 0 Å². The van der Waals surface area contributed by atoms with Crippen molar-refractivity contribution in [2.45, 2.75) is 51.6 Å². The summed E-state index contributed by atoms with van der Waals surface area (Å²) in [5.74, 6) is 0. The van der Waals surface area contributed by atoms with Crippen molar-refractivity contribution in [3.63, 3.8) is 0 Å². The molecule has 1 rings (SSSR count). The summed E-state index contributed by atoms with van der Waals surface area (Å²) in [5.41, 5.74) is 7.51. The van der Waals surface area contributed by atoms with Crippen molar-refractivity contribution in [1.82, 2.24) is 4.90 Å². The molecule has 1 aromatic carbocycles. The Morgan fingerprint density at radius 3 is 2.05 bits per heavy atom. The molecule has 1 aromatic rings. The average Bonchev–Trinajstić information content (AvgIpc) is 2.41. The van der Waals surface area contributed by atoms with Gasteiger partial charge in [0.25, 0.3) is 0 Å². The number of benzene rings is 1. The van der Waals surface area contributed by atoms with Crippen LogP contribution in [0.4, 0.5) is 0 Å². The molecule has 0 heterocycles. The first-order valence-electron chi connectivity index (χ1n) is 7.23. The lowest BCUT2D eigenvalue weighted by atomic mass is 9.86. The zero-order valence-electron chi connectivity index (χ0n) is 12.5. The largest absolute Gasteiger partial charge is 0.329 e. The Hall–Kier alpha value is -0.570.